The normalized spacial score (nSPS) is 11.2. The molecule has 0 aliphatic carbocycles. The lowest BCUT2D eigenvalue weighted by Gasteiger charge is -2.19. The first-order chi connectivity index (χ1) is 13.6. The maximum Gasteiger partial charge on any atom is 0.258 e. The first kappa shape index (κ1) is 18.4. The molecule has 2 aromatic carbocycles. The van der Waals surface area contributed by atoms with Gasteiger partial charge in [-0.3, -0.25) is 14.1 Å². The Bertz CT molecular complexity index is 1170. The van der Waals surface area contributed by atoms with Gasteiger partial charge in [0.1, 0.15) is 5.65 Å². The van der Waals surface area contributed by atoms with E-state index in [9.17, 15) is 4.79 Å². The summed E-state index contributed by atoms with van der Waals surface area (Å²) in [5.74, 6) is 0. The van der Waals surface area contributed by atoms with Crippen LogP contribution in [0.5, 0.6) is 0 Å². The zero-order valence-corrected chi connectivity index (χ0v) is 16.3. The SMILES string of the molecule is CN(Cc1cc(=O)n2cc(Cl)ccc2n1)Cc1ccccc1-c1ccccc1. The number of aromatic nitrogens is 2. The van der Waals surface area contributed by atoms with Gasteiger partial charge in [-0.15, -0.1) is 0 Å². The van der Waals surface area contributed by atoms with Crippen molar-refractivity contribution in [3.8, 4) is 11.1 Å². The van der Waals surface area contributed by atoms with Crippen LogP contribution in [0.3, 0.4) is 0 Å². The summed E-state index contributed by atoms with van der Waals surface area (Å²) in [5.41, 5.74) is 4.87. The van der Waals surface area contributed by atoms with Gasteiger partial charge >= 0.3 is 0 Å². The molecule has 4 nitrogen and oxygen atoms in total. The summed E-state index contributed by atoms with van der Waals surface area (Å²) in [7, 11) is 2.03. The number of hydrogen-bond donors (Lipinski definition) is 0. The van der Waals surface area contributed by atoms with E-state index >= 15 is 0 Å². The number of fused-ring (bicyclic) bond motifs is 1. The van der Waals surface area contributed by atoms with E-state index in [1.807, 2.05) is 13.1 Å². The lowest BCUT2D eigenvalue weighted by atomic mass is 9.99. The molecule has 140 valence electrons. The summed E-state index contributed by atoms with van der Waals surface area (Å²) in [5, 5.41) is 0.513. The second-order valence-electron chi connectivity index (χ2n) is 6.86. The highest BCUT2D eigenvalue weighted by Crippen LogP contribution is 2.24. The molecule has 2 heterocycles. The molecule has 0 saturated carbocycles. The Kier molecular flexibility index (Phi) is 5.24. The summed E-state index contributed by atoms with van der Waals surface area (Å²) < 4.78 is 1.47. The quantitative estimate of drug-likeness (QED) is 0.498. The fraction of sp³-hybridized carbons (Fsp3) is 0.130. The number of rotatable bonds is 5. The standard InChI is InChI=1S/C23H20ClN3O/c1-26(14-18-9-5-6-10-21(18)17-7-3-2-4-8-17)16-20-13-23(28)27-15-19(24)11-12-22(27)25-20/h2-13,15H,14,16H2,1H3. The van der Waals surface area contributed by atoms with Crippen LogP contribution in [0.15, 0.2) is 83.8 Å². The summed E-state index contributed by atoms with van der Waals surface area (Å²) in [6.07, 6.45) is 1.59. The predicted molar refractivity (Wildman–Crippen MR) is 114 cm³/mol. The molecular formula is C23H20ClN3O. The van der Waals surface area contributed by atoms with E-state index in [4.69, 9.17) is 11.6 Å². The van der Waals surface area contributed by atoms with Crippen LogP contribution in [0.2, 0.25) is 5.02 Å². The Morgan fingerprint density at radius 3 is 2.54 bits per heavy atom. The van der Waals surface area contributed by atoms with Crippen LogP contribution in [0.25, 0.3) is 16.8 Å². The van der Waals surface area contributed by atoms with Crippen molar-refractivity contribution >= 4 is 17.2 Å². The summed E-state index contributed by atoms with van der Waals surface area (Å²) in [4.78, 5) is 19.1. The zero-order chi connectivity index (χ0) is 19.5. The van der Waals surface area contributed by atoms with Gasteiger partial charge < -0.3 is 0 Å². The Hall–Kier alpha value is -2.95. The highest BCUT2D eigenvalue weighted by molar-refractivity contribution is 6.30. The van der Waals surface area contributed by atoms with E-state index in [0.717, 1.165) is 12.2 Å². The first-order valence-electron chi connectivity index (χ1n) is 9.10. The van der Waals surface area contributed by atoms with Crippen molar-refractivity contribution in [1.29, 1.82) is 0 Å². The van der Waals surface area contributed by atoms with Crippen LogP contribution in [-0.4, -0.2) is 21.3 Å². The molecule has 0 atom stereocenters. The van der Waals surface area contributed by atoms with E-state index in [2.05, 4.69) is 58.4 Å². The van der Waals surface area contributed by atoms with Gasteiger partial charge in [-0.2, -0.15) is 0 Å². The van der Waals surface area contributed by atoms with Crippen LogP contribution in [0.4, 0.5) is 0 Å². The van der Waals surface area contributed by atoms with Crippen LogP contribution >= 0.6 is 11.6 Å². The van der Waals surface area contributed by atoms with E-state index in [0.29, 0.717) is 17.2 Å². The number of pyridine rings is 1. The molecule has 0 fully saturated rings. The predicted octanol–water partition coefficient (Wildman–Crippen LogP) is 4.65. The number of benzene rings is 2. The van der Waals surface area contributed by atoms with Crippen LogP contribution < -0.4 is 5.56 Å². The minimum Gasteiger partial charge on any atom is -0.296 e. The molecule has 0 spiro atoms. The summed E-state index contributed by atoms with van der Waals surface area (Å²) in [6.45, 7) is 1.34. The van der Waals surface area contributed by atoms with Crippen molar-refractivity contribution in [2.24, 2.45) is 0 Å². The van der Waals surface area contributed by atoms with Crippen LogP contribution in [-0.2, 0) is 13.1 Å². The van der Waals surface area contributed by atoms with Crippen molar-refractivity contribution in [2.75, 3.05) is 7.05 Å². The molecule has 5 heteroatoms. The van der Waals surface area contributed by atoms with E-state index in [1.54, 1.807) is 24.4 Å². The van der Waals surface area contributed by atoms with Crippen molar-refractivity contribution in [3.63, 3.8) is 0 Å². The van der Waals surface area contributed by atoms with Crippen LogP contribution in [0.1, 0.15) is 11.3 Å². The Morgan fingerprint density at radius 1 is 0.964 bits per heavy atom. The molecule has 4 aromatic rings. The third-order valence-corrected chi connectivity index (χ3v) is 4.87. The van der Waals surface area contributed by atoms with Gasteiger partial charge in [-0.1, -0.05) is 66.2 Å². The molecular weight excluding hydrogens is 370 g/mol. The topological polar surface area (TPSA) is 37.6 Å². The van der Waals surface area contributed by atoms with Gasteiger partial charge in [0, 0.05) is 25.4 Å². The highest BCUT2D eigenvalue weighted by atomic mass is 35.5. The highest BCUT2D eigenvalue weighted by Gasteiger charge is 2.10. The monoisotopic (exact) mass is 389 g/mol. The molecule has 0 aliphatic heterocycles. The average Bonchev–Trinajstić information content (AvgIpc) is 2.70. The second kappa shape index (κ2) is 7.97. The van der Waals surface area contributed by atoms with Gasteiger partial charge in [0.15, 0.2) is 0 Å². The molecule has 0 aliphatic rings. The van der Waals surface area contributed by atoms with E-state index in [1.165, 1.54) is 21.1 Å². The zero-order valence-electron chi connectivity index (χ0n) is 15.5. The lowest BCUT2D eigenvalue weighted by Crippen LogP contribution is -2.22. The Morgan fingerprint density at radius 2 is 1.71 bits per heavy atom. The van der Waals surface area contributed by atoms with Crippen molar-refractivity contribution in [2.45, 2.75) is 13.1 Å². The molecule has 0 saturated heterocycles. The number of halogens is 1. The van der Waals surface area contributed by atoms with Gasteiger partial charge in [0.2, 0.25) is 0 Å². The Balaban J connectivity index is 1.58. The third kappa shape index (κ3) is 3.98. The lowest BCUT2D eigenvalue weighted by molar-refractivity contribution is 0.315. The van der Waals surface area contributed by atoms with Crippen LogP contribution in [0, 0.1) is 0 Å². The second-order valence-corrected chi connectivity index (χ2v) is 7.29. The fourth-order valence-corrected chi connectivity index (χ4v) is 3.55. The fourth-order valence-electron chi connectivity index (χ4n) is 3.39. The molecule has 0 unspecified atom stereocenters. The number of hydrogen-bond acceptors (Lipinski definition) is 3. The summed E-state index contributed by atoms with van der Waals surface area (Å²) in [6, 6.07) is 23.8. The molecule has 2 aromatic heterocycles. The van der Waals surface area contributed by atoms with Gasteiger partial charge in [-0.25, -0.2) is 4.98 Å². The molecule has 0 radical (unpaired) electrons. The van der Waals surface area contributed by atoms with Crippen molar-refractivity contribution < 1.29 is 0 Å². The van der Waals surface area contributed by atoms with Gasteiger partial charge in [0.25, 0.3) is 5.56 Å². The molecule has 28 heavy (non-hydrogen) atoms. The maximum absolute atomic E-state index is 12.4. The first-order valence-corrected chi connectivity index (χ1v) is 9.48. The van der Waals surface area contributed by atoms with Gasteiger partial charge in [0.05, 0.1) is 10.7 Å². The summed E-state index contributed by atoms with van der Waals surface area (Å²) >= 11 is 5.97. The van der Waals surface area contributed by atoms with E-state index in [-0.39, 0.29) is 5.56 Å². The van der Waals surface area contributed by atoms with Crippen molar-refractivity contribution in [3.05, 3.63) is 106 Å². The van der Waals surface area contributed by atoms with Crippen molar-refractivity contribution in [1.82, 2.24) is 14.3 Å². The molecule has 0 bridgehead atoms. The Labute approximate surface area is 168 Å². The van der Waals surface area contributed by atoms with Gasteiger partial charge in [-0.05, 0) is 35.9 Å². The molecule has 4 rings (SSSR count). The smallest absolute Gasteiger partial charge is 0.258 e. The average molecular weight is 390 g/mol. The molecule has 0 amide bonds. The third-order valence-electron chi connectivity index (χ3n) is 4.65. The molecule has 0 N–H and O–H groups in total. The number of nitrogens with zero attached hydrogens (tertiary/aromatic N) is 3. The largest absolute Gasteiger partial charge is 0.296 e. The maximum atomic E-state index is 12.4. The minimum atomic E-state index is -0.124. The van der Waals surface area contributed by atoms with E-state index < -0.39 is 0 Å². The minimum absolute atomic E-state index is 0.124.